The number of hydrogen-bond donors (Lipinski definition) is 1. The van der Waals surface area contributed by atoms with Crippen LogP contribution in [0.1, 0.15) is 24.2 Å². The smallest absolute Gasteiger partial charge is 0.290 e. The first kappa shape index (κ1) is 15.7. The number of nitrogens with one attached hydrogen (secondary N) is 1. The summed E-state index contributed by atoms with van der Waals surface area (Å²) in [5.74, 6) is 0.583. The molecule has 0 aliphatic rings. The molecule has 0 fully saturated rings. The number of ether oxygens (including phenoxy) is 1. The number of carbonyl (C=O) groups is 2. The number of carbonyl (C=O) groups excluding carboxylic acids is 2. The molecule has 0 saturated carbocycles. The van der Waals surface area contributed by atoms with Gasteiger partial charge in [-0.25, -0.2) is 0 Å². The third-order valence-corrected chi connectivity index (χ3v) is 3.04. The fraction of sp³-hybridized carbons (Fsp3) is 0.235. The first-order valence-corrected chi connectivity index (χ1v) is 7.11. The molecule has 0 radical (unpaired) electrons. The number of ketones is 1. The van der Waals surface area contributed by atoms with Crippen molar-refractivity contribution in [3.63, 3.8) is 0 Å². The van der Waals surface area contributed by atoms with Crippen LogP contribution in [0.25, 0.3) is 0 Å². The zero-order chi connectivity index (χ0) is 15.9. The summed E-state index contributed by atoms with van der Waals surface area (Å²) >= 11 is 0. The molecule has 5 heteroatoms. The molecular formula is C17H19N2O3+. The molecule has 1 aromatic heterocycles. The van der Waals surface area contributed by atoms with Crippen LogP contribution >= 0.6 is 0 Å². The van der Waals surface area contributed by atoms with E-state index in [1.54, 1.807) is 41.2 Å². The summed E-state index contributed by atoms with van der Waals surface area (Å²) in [6, 6.07) is 10.7. The fourth-order valence-corrected chi connectivity index (χ4v) is 2.00. The number of rotatable bonds is 6. The second-order valence-corrected chi connectivity index (χ2v) is 4.83. The quantitative estimate of drug-likeness (QED) is 0.657. The van der Waals surface area contributed by atoms with Crippen LogP contribution < -0.4 is 14.6 Å². The van der Waals surface area contributed by atoms with E-state index in [0.29, 0.717) is 17.9 Å². The van der Waals surface area contributed by atoms with Gasteiger partial charge in [0.15, 0.2) is 18.2 Å². The number of nitrogens with zero attached hydrogens (tertiary/aromatic N) is 1. The van der Waals surface area contributed by atoms with Crippen molar-refractivity contribution < 1.29 is 18.9 Å². The normalized spacial score (nSPS) is 10.1. The van der Waals surface area contributed by atoms with Gasteiger partial charge in [-0.3, -0.25) is 9.59 Å². The molecule has 5 nitrogen and oxygen atoms in total. The summed E-state index contributed by atoms with van der Waals surface area (Å²) in [4.78, 5) is 23.4. The van der Waals surface area contributed by atoms with Crippen molar-refractivity contribution in [3.05, 3.63) is 54.4 Å². The highest BCUT2D eigenvalue weighted by Gasteiger charge is 2.11. The number of hydrogen-bond acceptors (Lipinski definition) is 3. The topological polar surface area (TPSA) is 59.3 Å². The Morgan fingerprint density at radius 3 is 2.55 bits per heavy atom. The van der Waals surface area contributed by atoms with Gasteiger partial charge in [0.05, 0.1) is 12.2 Å². The highest BCUT2D eigenvalue weighted by Crippen LogP contribution is 2.15. The number of Topliss-reactive ketones (excluding diaryl/α,β-unsaturated/α-hetero) is 1. The fourth-order valence-electron chi connectivity index (χ4n) is 2.00. The molecule has 22 heavy (non-hydrogen) atoms. The number of aromatic nitrogens is 1. The minimum Gasteiger partial charge on any atom is -0.494 e. The Balaban J connectivity index is 1.97. The van der Waals surface area contributed by atoms with Crippen LogP contribution in [0.15, 0.2) is 48.8 Å². The summed E-state index contributed by atoms with van der Waals surface area (Å²) < 4.78 is 7.03. The Morgan fingerprint density at radius 2 is 1.91 bits per heavy atom. The van der Waals surface area contributed by atoms with Gasteiger partial charge < -0.3 is 10.1 Å². The largest absolute Gasteiger partial charge is 0.494 e. The van der Waals surface area contributed by atoms with Crippen LogP contribution in [0.4, 0.5) is 5.69 Å². The molecule has 0 aliphatic carbocycles. The van der Waals surface area contributed by atoms with Gasteiger partial charge >= 0.3 is 0 Å². The number of benzene rings is 1. The van der Waals surface area contributed by atoms with Crippen molar-refractivity contribution in [1.82, 2.24) is 0 Å². The Bertz CT molecular complexity index is 666. The zero-order valence-electron chi connectivity index (χ0n) is 12.7. The Kier molecular flexibility index (Phi) is 5.25. The van der Waals surface area contributed by atoms with Crippen molar-refractivity contribution >= 4 is 17.4 Å². The highest BCUT2D eigenvalue weighted by atomic mass is 16.5. The third-order valence-electron chi connectivity index (χ3n) is 3.04. The Hall–Kier alpha value is -2.69. The molecule has 2 rings (SSSR count). The van der Waals surface area contributed by atoms with Crippen molar-refractivity contribution in [2.24, 2.45) is 0 Å². The number of anilines is 1. The van der Waals surface area contributed by atoms with E-state index < -0.39 is 0 Å². The molecule has 1 heterocycles. The predicted molar refractivity (Wildman–Crippen MR) is 82.9 cm³/mol. The maximum atomic E-state index is 12.0. The highest BCUT2D eigenvalue weighted by molar-refractivity contribution is 5.93. The molecule has 0 saturated heterocycles. The van der Waals surface area contributed by atoms with Crippen LogP contribution in [-0.2, 0) is 11.3 Å². The molecule has 0 bridgehead atoms. The summed E-state index contributed by atoms with van der Waals surface area (Å²) in [6.07, 6.45) is 3.42. The van der Waals surface area contributed by atoms with Crippen molar-refractivity contribution in [1.29, 1.82) is 0 Å². The van der Waals surface area contributed by atoms with E-state index in [-0.39, 0.29) is 18.2 Å². The SMILES string of the molecule is CCOc1ccc(NC(=O)C[n+]2cccc(C(C)=O)c2)cc1. The van der Waals surface area contributed by atoms with E-state index in [4.69, 9.17) is 4.74 Å². The van der Waals surface area contributed by atoms with Gasteiger partial charge in [0.2, 0.25) is 6.54 Å². The van der Waals surface area contributed by atoms with Crippen LogP contribution in [0.2, 0.25) is 0 Å². The van der Waals surface area contributed by atoms with Crippen molar-refractivity contribution in [3.8, 4) is 5.75 Å². The van der Waals surface area contributed by atoms with Gasteiger partial charge in [-0.1, -0.05) is 0 Å². The first-order valence-electron chi connectivity index (χ1n) is 7.11. The van der Waals surface area contributed by atoms with E-state index in [1.807, 2.05) is 19.1 Å². The summed E-state index contributed by atoms with van der Waals surface area (Å²) in [5.41, 5.74) is 1.29. The van der Waals surface area contributed by atoms with Crippen molar-refractivity contribution in [2.75, 3.05) is 11.9 Å². The predicted octanol–water partition coefficient (Wildman–Crippen LogP) is 2.21. The van der Waals surface area contributed by atoms with Gasteiger partial charge in [-0.05, 0) is 44.2 Å². The van der Waals surface area contributed by atoms with Gasteiger partial charge in [-0.15, -0.1) is 0 Å². The van der Waals surface area contributed by atoms with Gasteiger partial charge in [0.25, 0.3) is 5.91 Å². The summed E-state index contributed by atoms with van der Waals surface area (Å²) in [6.45, 7) is 4.17. The molecule has 114 valence electrons. The third kappa shape index (κ3) is 4.41. The lowest BCUT2D eigenvalue weighted by atomic mass is 10.2. The average molecular weight is 299 g/mol. The second kappa shape index (κ2) is 7.36. The van der Waals surface area contributed by atoms with E-state index in [2.05, 4.69) is 5.32 Å². The minimum atomic E-state index is -0.158. The Morgan fingerprint density at radius 1 is 1.18 bits per heavy atom. The molecule has 1 aromatic carbocycles. The van der Waals surface area contributed by atoms with Crippen LogP contribution in [-0.4, -0.2) is 18.3 Å². The van der Waals surface area contributed by atoms with Gasteiger partial charge in [-0.2, -0.15) is 4.57 Å². The van der Waals surface area contributed by atoms with E-state index >= 15 is 0 Å². The zero-order valence-corrected chi connectivity index (χ0v) is 12.7. The average Bonchev–Trinajstić information content (AvgIpc) is 2.49. The lowest BCUT2D eigenvalue weighted by Gasteiger charge is -2.06. The molecule has 0 spiro atoms. The monoisotopic (exact) mass is 299 g/mol. The maximum Gasteiger partial charge on any atom is 0.290 e. The molecule has 0 unspecified atom stereocenters. The minimum absolute atomic E-state index is 0.0266. The van der Waals surface area contributed by atoms with E-state index in [0.717, 1.165) is 5.75 Å². The van der Waals surface area contributed by atoms with Gasteiger partial charge in [0, 0.05) is 11.8 Å². The molecule has 0 aliphatic heterocycles. The molecular weight excluding hydrogens is 280 g/mol. The van der Waals surface area contributed by atoms with Crippen LogP contribution in [0.5, 0.6) is 5.75 Å². The first-order chi connectivity index (χ1) is 10.6. The second-order valence-electron chi connectivity index (χ2n) is 4.83. The van der Waals surface area contributed by atoms with E-state index in [1.165, 1.54) is 6.92 Å². The Labute approximate surface area is 129 Å². The maximum absolute atomic E-state index is 12.0. The lowest BCUT2D eigenvalue weighted by molar-refractivity contribution is -0.684. The van der Waals surface area contributed by atoms with Crippen LogP contribution in [0, 0.1) is 0 Å². The van der Waals surface area contributed by atoms with Gasteiger partial charge in [0.1, 0.15) is 5.75 Å². The van der Waals surface area contributed by atoms with Crippen LogP contribution in [0.3, 0.4) is 0 Å². The molecule has 1 N–H and O–H groups in total. The molecule has 1 amide bonds. The molecule has 0 atom stereocenters. The lowest BCUT2D eigenvalue weighted by Crippen LogP contribution is -2.40. The van der Waals surface area contributed by atoms with E-state index in [9.17, 15) is 9.59 Å². The standard InChI is InChI=1S/C17H18N2O3/c1-3-22-16-8-6-15(7-9-16)18-17(21)12-19-10-4-5-14(11-19)13(2)20/h4-11H,3,12H2,1-2H3/p+1. The number of pyridine rings is 1. The summed E-state index contributed by atoms with van der Waals surface area (Å²) in [5, 5.41) is 2.81. The molecule has 2 aromatic rings. The van der Waals surface area contributed by atoms with Crippen molar-refractivity contribution in [2.45, 2.75) is 20.4 Å². The summed E-state index contributed by atoms with van der Waals surface area (Å²) in [7, 11) is 0. The number of amides is 1.